The molecule has 1 aromatic carbocycles. The van der Waals surface area contributed by atoms with Crippen molar-refractivity contribution >= 4 is 17.3 Å². The lowest BCUT2D eigenvalue weighted by atomic mass is 10.1. The molecule has 1 unspecified atom stereocenters. The maximum absolute atomic E-state index is 13.5. The zero-order valence-corrected chi connectivity index (χ0v) is 10.7. The monoisotopic (exact) mass is 288 g/mol. The summed E-state index contributed by atoms with van der Waals surface area (Å²) in [4.78, 5) is 20.5. The van der Waals surface area contributed by atoms with Gasteiger partial charge in [0.05, 0.1) is 10.8 Å². The average molecular weight is 288 g/mol. The molecule has 0 aliphatic heterocycles. The van der Waals surface area contributed by atoms with Gasteiger partial charge in [0.25, 0.3) is 5.69 Å². The first-order valence-electron chi connectivity index (χ1n) is 5.93. The van der Waals surface area contributed by atoms with E-state index in [-0.39, 0.29) is 6.54 Å². The molecule has 1 rings (SSSR count). The summed E-state index contributed by atoms with van der Waals surface area (Å²) in [6, 6.07) is 1.56. The van der Waals surface area contributed by atoms with Crippen LogP contribution in [0.15, 0.2) is 12.1 Å². The van der Waals surface area contributed by atoms with Gasteiger partial charge in [0, 0.05) is 12.6 Å². The molecule has 0 spiro atoms. The zero-order chi connectivity index (χ0) is 15.3. The third-order valence-electron chi connectivity index (χ3n) is 2.81. The van der Waals surface area contributed by atoms with E-state index < -0.39 is 39.8 Å². The van der Waals surface area contributed by atoms with Crippen molar-refractivity contribution in [2.45, 2.75) is 19.8 Å². The Morgan fingerprint density at radius 2 is 2.15 bits per heavy atom. The van der Waals surface area contributed by atoms with Crippen LogP contribution in [0.3, 0.4) is 0 Å². The molecule has 0 fully saturated rings. The third kappa shape index (κ3) is 3.87. The molecule has 20 heavy (non-hydrogen) atoms. The summed E-state index contributed by atoms with van der Waals surface area (Å²) in [5.41, 5.74) is -1.08. The smallest absolute Gasteiger partial charge is 0.306 e. The second kappa shape index (κ2) is 6.78. The van der Waals surface area contributed by atoms with E-state index in [0.717, 1.165) is 6.07 Å². The van der Waals surface area contributed by atoms with E-state index in [0.29, 0.717) is 18.9 Å². The lowest BCUT2D eigenvalue weighted by molar-refractivity contribution is -0.384. The normalized spacial score (nSPS) is 11.9. The van der Waals surface area contributed by atoms with E-state index in [1.807, 2.05) is 0 Å². The number of hydrogen-bond donors (Lipinski definition) is 2. The maximum Gasteiger partial charge on any atom is 0.306 e. The SMILES string of the molecule is CC(CCCNc1c([N+](=O)[O-])ccc(F)c1F)C(=O)O. The second-order valence-corrected chi connectivity index (χ2v) is 4.32. The highest BCUT2D eigenvalue weighted by molar-refractivity contribution is 5.69. The molecule has 1 aromatic rings. The molecule has 0 aliphatic rings. The first-order valence-corrected chi connectivity index (χ1v) is 5.93. The Hall–Kier alpha value is -2.25. The third-order valence-corrected chi connectivity index (χ3v) is 2.81. The number of nitro groups is 1. The first-order chi connectivity index (χ1) is 9.34. The molecule has 0 amide bonds. The van der Waals surface area contributed by atoms with Gasteiger partial charge in [-0.3, -0.25) is 14.9 Å². The number of carbonyl (C=O) groups is 1. The summed E-state index contributed by atoms with van der Waals surface area (Å²) in [6.07, 6.45) is 0.688. The van der Waals surface area contributed by atoms with Crippen LogP contribution in [-0.2, 0) is 4.79 Å². The number of rotatable bonds is 7. The van der Waals surface area contributed by atoms with Crippen molar-refractivity contribution in [1.82, 2.24) is 0 Å². The van der Waals surface area contributed by atoms with Crippen molar-refractivity contribution in [2.24, 2.45) is 5.92 Å². The van der Waals surface area contributed by atoms with Crippen molar-refractivity contribution in [2.75, 3.05) is 11.9 Å². The molecule has 0 aromatic heterocycles. The Balaban J connectivity index is 2.70. The van der Waals surface area contributed by atoms with Crippen molar-refractivity contribution in [3.05, 3.63) is 33.9 Å². The van der Waals surface area contributed by atoms with Gasteiger partial charge >= 0.3 is 5.97 Å². The fraction of sp³-hybridized carbons (Fsp3) is 0.417. The van der Waals surface area contributed by atoms with Gasteiger partial charge in [-0.05, 0) is 18.9 Å². The highest BCUT2D eigenvalue weighted by atomic mass is 19.2. The number of carboxylic acid groups (broad SMARTS) is 1. The molecule has 8 heteroatoms. The van der Waals surface area contributed by atoms with E-state index in [4.69, 9.17) is 5.11 Å². The molecule has 110 valence electrons. The van der Waals surface area contributed by atoms with Crippen LogP contribution < -0.4 is 5.32 Å². The summed E-state index contributed by atoms with van der Waals surface area (Å²) in [5.74, 6) is -4.01. The second-order valence-electron chi connectivity index (χ2n) is 4.32. The Bertz CT molecular complexity index is 522. The van der Waals surface area contributed by atoms with Crippen LogP contribution in [-0.4, -0.2) is 22.5 Å². The minimum absolute atomic E-state index is 0.110. The van der Waals surface area contributed by atoms with Gasteiger partial charge in [0.15, 0.2) is 17.3 Å². The highest BCUT2D eigenvalue weighted by Gasteiger charge is 2.21. The fourth-order valence-electron chi connectivity index (χ4n) is 1.61. The summed E-state index contributed by atoms with van der Waals surface area (Å²) in [6.45, 7) is 1.63. The predicted molar refractivity (Wildman–Crippen MR) is 67.5 cm³/mol. The quantitative estimate of drug-likeness (QED) is 0.457. The molecule has 6 nitrogen and oxygen atoms in total. The highest BCUT2D eigenvalue weighted by Crippen LogP contribution is 2.29. The van der Waals surface area contributed by atoms with Crippen LogP contribution in [0.1, 0.15) is 19.8 Å². The van der Waals surface area contributed by atoms with Crippen LogP contribution in [0.5, 0.6) is 0 Å². The summed E-state index contributed by atoms with van der Waals surface area (Å²) < 4.78 is 26.6. The lowest BCUT2D eigenvalue weighted by Gasteiger charge is -2.10. The van der Waals surface area contributed by atoms with Gasteiger partial charge in [0.1, 0.15) is 0 Å². The molecular formula is C12H14F2N2O4. The van der Waals surface area contributed by atoms with Gasteiger partial charge in [-0.1, -0.05) is 6.92 Å². The average Bonchev–Trinajstić information content (AvgIpc) is 2.38. The van der Waals surface area contributed by atoms with Crippen LogP contribution in [0.25, 0.3) is 0 Å². The standard InChI is InChI=1S/C12H14F2N2O4/c1-7(12(17)18)3-2-6-15-11-9(16(19)20)5-4-8(13)10(11)14/h4-5,7,15H,2-3,6H2,1H3,(H,17,18). The number of hydrogen-bond acceptors (Lipinski definition) is 4. The zero-order valence-electron chi connectivity index (χ0n) is 10.7. The molecule has 0 radical (unpaired) electrons. The largest absolute Gasteiger partial charge is 0.481 e. The van der Waals surface area contributed by atoms with Gasteiger partial charge in [0.2, 0.25) is 0 Å². The molecule has 0 saturated heterocycles. The van der Waals surface area contributed by atoms with Crippen LogP contribution in [0.4, 0.5) is 20.2 Å². The van der Waals surface area contributed by atoms with Crippen LogP contribution in [0.2, 0.25) is 0 Å². The summed E-state index contributed by atoms with van der Waals surface area (Å²) >= 11 is 0. The molecule has 2 N–H and O–H groups in total. The van der Waals surface area contributed by atoms with Crippen molar-refractivity contribution in [1.29, 1.82) is 0 Å². The van der Waals surface area contributed by atoms with Crippen molar-refractivity contribution in [3.8, 4) is 0 Å². The Morgan fingerprint density at radius 3 is 2.70 bits per heavy atom. The molecule has 0 bridgehead atoms. The summed E-state index contributed by atoms with van der Waals surface area (Å²) in [5, 5.41) is 21.8. The Morgan fingerprint density at radius 1 is 1.50 bits per heavy atom. The first kappa shape index (κ1) is 15.8. The lowest BCUT2D eigenvalue weighted by Crippen LogP contribution is -2.12. The van der Waals surface area contributed by atoms with E-state index >= 15 is 0 Å². The molecular weight excluding hydrogens is 274 g/mol. The number of nitro benzene ring substituents is 1. The molecule has 0 aliphatic carbocycles. The number of nitrogens with zero attached hydrogens (tertiary/aromatic N) is 1. The predicted octanol–water partition coefficient (Wildman–Crippen LogP) is 2.79. The number of benzene rings is 1. The number of aliphatic carboxylic acids is 1. The van der Waals surface area contributed by atoms with Gasteiger partial charge in [-0.15, -0.1) is 0 Å². The minimum Gasteiger partial charge on any atom is -0.481 e. The minimum atomic E-state index is -1.31. The summed E-state index contributed by atoms with van der Waals surface area (Å²) in [7, 11) is 0. The van der Waals surface area contributed by atoms with Crippen LogP contribution in [0, 0.1) is 27.7 Å². The van der Waals surface area contributed by atoms with E-state index in [2.05, 4.69) is 5.32 Å². The number of halogens is 2. The fourth-order valence-corrected chi connectivity index (χ4v) is 1.61. The topological polar surface area (TPSA) is 92.5 Å². The van der Waals surface area contributed by atoms with Gasteiger partial charge < -0.3 is 10.4 Å². The van der Waals surface area contributed by atoms with E-state index in [9.17, 15) is 23.7 Å². The maximum atomic E-state index is 13.5. The molecule has 0 saturated carbocycles. The number of carboxylic acids is 1. The number of nitrogens with one attached hydrogen (secondary N) is 1. The van der Waals surface area contributed by atoms with Crippen molar-refractivity contribution in [3.63, 3.8) is 0 Å². The number of anilines is 1. The molecule has 1 atom stereocenters. The van der Waals surface area contributed by atoms with E-state index in [1.54, 1.807) is 0 Å². The van der Waals surface area contributed by atoms with Gasteiger partial charge in [-0.2, -0.15) is 0 Å². The Labute approximate surface area is 113 Å². The Kier molecular flexibility index (Phi) is 5.36. The van der Waals surface area contributed by atoms with E-state index in [1.165, 1.54) is 6.92 Å². The van der Waals surface area contributed by atoms with Crippen LogP contribution >= 0.6 is 0 Å². The van der Waals surface area contributed by atoms with Crippen molar-refractivity contribution < 1.29 is 23.6 Å². The van der Waals surface area contributed by atoms with Gasteiger partial charge in [-0.25, -0.2) is 8.78 Å². The molecule has 0 heterocycles.